The van der Waals surface area contributed by atoms with Crippen LogP contribution in [0.2, 0.25) is 0 Å². The number of rotatable bonds is 5. The van der Waals surface area contributed by atoms with Crippen LogP contribution in [0.25, 0.3) is 10.9 Å². The highest BCUT2D eigenvalue weighted by Crippen LogP contribution is 2.20. The van der Waals surface area contributed by atoms with Gasteiger partial charge in [0.25, 0.3) is 5.91 Å². The number of aromatic amines is 1. The molecule has 1 amide bonds. The fraction of sp³-hybridized carbons (Fsp3) is 0.522. The van der Waals surface area contributed by atoms with Crippen LogP contribution in [0, 0.1) is 10.8 Å². The summed E-state index contributed by atoms with van der Waals surface area (Å²) in [6, 6.07) is 8.66. The van der Waals surface area contributed by atoms with Gasteiger partial charge in [-0.1, -0.05) is 31.5 Å². The molecule has 0 radical (unpaired) electrons. The van der Waals surface area contributed by atoms with Crippen LogP contribution in [0.15, 0.2) is 30.5 Å². The van der Waals surface area contributed by atoms with E-state index in [1.165, 1.54) is 0 Å². The van der Waals surface area contributed by atoms with Gasteiger partial charge in [-0.3, -0.25) is 20.5 Å². The van der Waals surface area contributed by atoms with Gasteiger partial charge in [0.1, 0.15) is 0 Å². The van der Waals surface area contributed by atoms with Gasteiger partial charge in [-0.25, -0.2) is 0 Å². The molecule has 1 fully saturated rings. The molecule has 0 spiro atoms. The Labute approximate surface area is 184 Å². The molecular formula is C23H35N7O. The summed E-state index contributed by atoms with van der Waals surface area (Å²) < 4.78 is 0. The molecule has 1 aliphatic rings. The summed E-state index contributed by atoms with van der Waals surface area (Å²) >= 11 is 0. The zero-order chi connectivity index (χ0) is 22.5. The van der Waals surface area contributed by atoms with Gasteiger partial charge in [0.15, 0.2) is 11.8 Å². The second kappa shape index (κ2) is 9.96. The van der Waals surface area contributed by atoms with Crippen molar-refractivity contribution in [3.05, 3.63) is 36.0 Å². The van der Waals surface area contributed by atoms with Crippen molar-refractivity contribution >= 4 is 28.6 Å². The number of hydrogen-bond donors (Lipinski definition) is 5. The van der Waals surface area contributed by atoms with E-state index in [2.05, 4.69) is 54.4 Å². The Hall–Kier alpha value is -2.87. The molecule has 168 valence electrons. The molecule has 0 bridgehead atoms. The molecule has 3 rings (SSSR count). The van der Waals surface area contributed by atoms with Crippen LogP contribution in [0.3, 0.4) is 0 Å². The molecule has 1 saturated heterocycles. The zero-order valence-electron chi connectivity index (χ0n) is 19.0. The third-order valence-electron chi connectivity index (χ3n) is 6.26. The SMILES string of the molecule is CCCC(Cc1c[nH]c2ccccc12)NC(=O)C(=N)NC(=N)N1C[C@@H](C)N(C)[C@H](C)C1. The van der Waals surface area contributed by atoms with Gasteiger partial charge in [-0.05, 0) is 45.4 Å². The Morgan fingerprint density at radius 3 is 2.58 bits per heavy atom. The van der Waals surface area contributed by atoms with Crippen molar-refractivity contribution in [1.29, 1.82) is 10.8 Å². The Bertz CT molecular complexity index is 925. The molecule has 31 heavy (non-hydrogen) atoms. The minimum absolute atomic E-state index is 0.0725. The average Bonchev–Trinajstić information content (AvgIpc) is 3.14. The van der Waals surface area contributed by atoms with E-state index in [9.17, 15) is 4.79 Å². The predicted molar refractivity (Wildman–Crippen MR) is 126 cm³/mol. The van der Waals surface area contributed by atoms with Crippen LogP contribution in [0.1, 0.15) is 39.2 Å². The second-order valence-corrected chi connectivity index (χ2v) is 8.64. The molecule has 3 atom stereocenters. The molecule has 0 aliphatic carbocycles. The van der Waals surface area contributed by atoms with E-state index in [1.54, 1.807) is 0 Å². The number of fused-ring (bicyclic) bond motifs is 1. The quantitative estimate of drug-likeness (QED) is 0.374. The monoisotopic (exact) mass is 425 g/mol. The van der Waals surface area contributed by atoms with Crippen LogP contribution in [0.4, 0.5) is 0 Å². The van der Waals surface area contributed by atoms with Gasteiger partial charge >= 0.3 is 0 Å². The van der Waals surface area contributed by atoms with Crippen molar-refractivity contribution in [3.8, 4) is 0 Å². The minimum Gasteiger partial charge on any atom is -0.361 e. The number of hydrogen-bond acceptors (Lipinski definition) is 4. The normalized spacial score (nSPS) is 20.5. The number of amides is 1. The molecule has 2 aromatic rings. The minimum atomic E-state index is -0.474. The molecule has 1 aromatic carbocycles. The highest BCUT2D eigenvalue weighted by molar-refractivity contribution is 6.39. The maximum Gasteiger partial charge on any atom is 0.286 e. The van der Waals surface area contributed by atoms with Crippen molar-refractivity contribution < 1.29 is 4.79 Å². The highest BCUT2D eigenvalue weighted by Gasteiger charge is 2.29. The third-order valence-corrected chi connectivity index (χ3v) is 6.26. The zero-order valence-corrected chi connectivity index (χ0v) is 19.0. The lowest BCUT2D eigenvalue weighted by Crippen LogP contribution is -2.60. The second-order valence-electron chi connectivity index (χ2n) is 8.64. The van der Waals surface area contributed by atoms with E-state index in [0.717, 1.165) is 29.3 Å². The number of nitrogens with one attached hydrogen (secondary N) is 5. The van der Waals surface area contributed by atoms with Gasteiger partial charge in [-0.15, -0.1) is 0 Å². The number of H-pyrrole nitrogens is 1. The van der Waals surface area contributed by atoms with Crippen molar-refractivity contribution in [2.75, 3.05) is 20.1 Å². The number of piperazine rings is 1. The number of carbonyl (C=O) groups is 1. The molecule has 0 saturated carbocycles. The molecule has 8 nitrogen and oxygen atoms in total. The number of guanidine groups is 1. The van der Waals surface area contributed by atoms with E-state index >= 15 is 0 Å². The lowest BCUT2D eigenvalue weighted by Gasteiger charge is -2.43. The standard InChI is InChI=1S/C23H35N7O/c1-5-8-18(11-17-12-26-20-10-7-6-9-19(17)20)27-22(31)21(24)28-23(25)30-13-15(2)29(4)16(3)14-30/h6-7,9-10,12,15-16,18,26H,5,8,11,13-14H2,1-4H3,(H,27,31)(H3,24,25,28)/t15-,16-,18?/m1/s1. The van der Waals surface area contributed by atoms with Gasteiger partial charge in [-0.2, -0.15) is 0 Å². The fourth-order valence-electron chi connectivity index (χ4n) is 4.24. The summed E-state index contributed by atoms with van der Waals surface area (Å²) in [7, 11) is 2.08. The van der Waals surface area contributed by atoms with E-state index in [0.29, 0.717) is 31.6 Å². The van der Waals surface area contributed by atoms with Crippen LogP contribution in [-0.2, 0) is 11.2 Å². The predicted octanol–water partition coefficient (Wildman–Crippen LogP) is 2.52. The number of likely N-dealkylation sites (N-methyl/N-ethyl adjacent to an activating group) is 1. The van der Waals surface area contributed by atoms with Crippen LogP contribution in [0.5, 0.6) is 0 Å². The first-order valence-electron chi connectivity index (χ1n) is 11.1. The van der Waals surface area contributed by atoms with Crippen molar-refractivity contribution in [2.24, 2.45) is 0 Å². The lowest BCUT2D eigenvalue weighted by atomic mass is 10.0. The van der Waals surface area contributed by atoms with E-state index in [-0.39, 0.29) is 17.8 Å². The Kier molecular flexibility index (Phi) is 7.33. The molecule has 1 unspecified atom stereocenters. The average molecular weight is 426 g/mol. The van der Waals surface area contributed by atoms with Crippen molar-refractivity contribution in [1.82, 2.24) is 25.4 Å². The topological polar surface area (TPSA) is 111 Å². The van der Waals surface area contributed by atoms with Gasteiger partial charge in [0, 0.05) is 48.3 Å². The lowest BCUT2D eigenvalue weighted by molar-refractivity contribution is -0.115. The summed E-state index contributed by atoms with van der Waals surface area (Å²) in [6.45, 7) is 7.71. The van der Waals surface area contributed by atoms with E-state index < -0.39 is 5.91 Å². The largest absolute Gasteiger partial charge is 0.361 e. The number of aromatic nitrogens is 1. The van der Waals surface area contributed by atoms with E-state index in [1.807, 2.05) is 29.3 Å². The molecule has 1 aromatic heterocycles. The van der Waals surface area contributed by atoms with Crippen molar-refractivity contribution in [3.63, 3.8) is 0 Å². The first kappa shape index (κ1) is 22.8. The molecular weight excluding hydrogens is 390 g/mol. The third kappa shape index (κ3) is 5.44. The maximum atomic E-state index is 12.7. The summed E-state index contributed by atoms with van der Waals surface area (Å²) in [6.07, 6.45) is 4.45. The number of para-hydroxylation sites is 1. The molecule has 8 heteroatoms. The highest BCUT2D eigenvalue weighted by atomic mass is 16.2. The Morgan fingerprint density at radius 1 is 1.23 bits per heavy atom. The Morgan fingerprint density at radius 2 is 1.90 bits per heavy atom. The van der Waals surface area contributed by atoms with Crippen LogP contribution in [-0.4, -0.2) is 70.7 Å². The van der Waals surface area contributed by atoms with Crippen LogP contribution >= 0.6 is 0 Å². The summed E-state index contributed by atoms with van der Waals surface area (Å²) in [5.41, 5.74) is 2.24. The fourth-order valence-corrected chi connectivity index (χ4v) is 4.24. The number of nitrogens with zero attached hydrogens (tertiary/aromatic N) is 2. The number of amidine groups is 1. The summed E-state index contributed by atoms with van der Waals surface area (Å²) in [5.74, 6) is -0.654. The van der Waals surface area contributed by atoms with Gasteiger partial charge in [0.2, 0.25) is 0 Å². The summed E-state index contributed by atoms with van der Waals surface area (Å²) in [4.78, 5) is 20.1. The molecule has 2 heterocycles. The van der Waals surface area contributed by atoms with Gasteiger partial charge in [0.05, 0.1) is 0 Å². The van der Waals surface area contributed by atoms with E-state index in [4.69, 9.17) is 10.8 Å². The Balaban J connectivity index is 1.58. The number of carbonyl (C=O) groups excluding carboxylic acids is 1. The van der Waals surface area contributed by atoms with Gasteiger partial charge < -0.3 is 20.5 Å². The maximum absolute atomic E-state index is 12.7. The summed E-state index contributed by atoms with van der Waals surface area (Å²) in [5, 5.41) is 23.4. The molecule has 1 aliphatic heterocycles. The van der Waals surface area contributed by atoms with Crippen LogP contribution < -0.4 is 10.6 Å². The number of benzene rings is 1. The van der Waals surface area contributed by atoms with Crippen molar-refractivity contribution in [2.45, 2.75) is 58.2 Å². The first-order valence-corrected chi connectivity index (χ1v) is 11.1. The first-order chi connectivity index (χ1) is 14.8. The smallest absolute Gasteiger partial charge is 0.286 e. The molecule has 5 N–H and O–H groups in total.